The Hall–Kier alpha value is -0.990. The molecule has 2 rings (SSSR count). The van der Waals surface area contributed by atoms with E-state index in [1.807, 2.05) is 0 Å². The van der Waals surface area contributed by atoms with Crippen LogP contribution in [0.15, 0.2) is 22.7 Å². The summed E-state index contributed by atoms with van der Waals surface area (Å²) in [6.45, 7) is 0.565. The summed E-state index contributed by atoms with van der Waals surface area (Å²) in [6.07, 6.45) is -0.244. The Morgan fingerprint density at radius 3 is 2.86 bits per heavy atom. The Bertz CT molecular complexity index is 650. The van der Waals surface area contributed by atoms with Crippen LogP contribution in [0.3, 0.4) is 0 Å². The molecule has 1 fully saturated rings. The van der Waals surface area contributed by atoms with Gasteiger partial charge in [-0.3, -0.25) is 9.69 Å². The minimum absolute atomic E-state index is 0.00391. The monoisotopic (exact) mass is 379 g/mol. The topological polar surface area (TPSA) is 74.7 Å². The molecule has 5 nitrogen and oxygen atoms in total. The Kier molecular flexibility index (Phi) is 5.00. The van der Waals surface area contributed by atoms with Gasteiger partial charge in [-0.1, -0.05) is 12.1 Å². The summed E-state index contributed by atoms with van der Waals surface area (Å²) in [7, 11) is -3.21. The van der Waals surface area contributed by atoms with Crippen LogP contribution in [0.25, 0.3) is 0 Å². The molecule has 1 atom stereocenters. The van der Waals surface area contributed by atoms with Crippen LogP contribution in [0.2, 0.25) is 0 Å². The normalized spacial score (nSPS) is 22.1. The molecular formula is C13H15BrFNO4S. The minimum atomic E-state index is -3.21. The second-order valence-corrected chi connectivity index (χ2v) is 8.07. The number of nitrogens with zero attached hydrogens (tertiary/aromatic N) is 1. The number of aliphatic carboxylic acids is 1. The molecule has 8 heteroatoms. The van der Waals surface area contributed by atoms with Gasteiger partial charge in [0, 0.05) is 19.1 Å². The molecule has 0 spiro atoms. The number of benzene rings is 1. The Balaban J connectivity index is 2.20. The van der Waals surface area contributed by atoms with Crippen LogP contribution in [0, 0.1) is 5.82 Å². The first-order chi connectivity index (χ1) is 9.78. The van der Waals surface area contributed by atoms with Crippen LogP contribution in [0.5, 0.6) is 0 Å². The average molecular weight is 380 g/mol. The van der Waals surface area contributed by atoms with E-state index in [1.54, 1.807) is 17.0 Å². The molecule has 0 aliphatic carbocycles. The van der Waals surface area contributed by atoms with Crippen molar-refractivity contribution in [2.24, 2.45) is 0 Å². The molecule has 1 aliphatic rings. The van der Waals surface area contributed by atoms with E-state index in [4.69, 9.17) is 5.11 Å². The van der Waals surface area contributed by atoms with Gasteiger partial charge in [0.15, 0.2) is 9.84 Å². The molecule has 1 unspecified atom stereocenters. The van der Waals surface area contributed by atoms with Crippen LogP contribution in [0.4, 0.5) is 4.39 Å². The van der Waals surface area contributed by atoms with Gasteiger partial charge in [0.2, 0.25) is 0 Å². The first kappa shape index (κ1) is 16.4. The second-order valence-electron chi connectivity index (χ2n) is 5.05. The summed E-state index contributed by atoms with van der Waals surface area (Å²) < 4.78 is 37.2. The molecule has 1 heterocycles. The molecule has 0 amide bonds. The molecule has 1 N–H and O–H groups in total. The fourth-order valence-electron chi connectivity index (χ4n) is 2.41. The van der Waals surface area contributed by atoms with E-state index in [-0.39, 0.29) is 24.5 Å². The lowest BCUT2D eigenvalue weighted by atomic mass is 10.1. The summed E-state index contributed by atoms with van der Waals surface area (Å²) in [5, 5.41) is 8.93. The lowest BCUT2D eigenvalue weighted by Crippen LogP contribution is -2.48. The van der Waals surface area contributed by atoms with Crippen LogP contribution in [-0.2, 0) is 21.2 Å². The number of hydrogen-bond donors (Lipinski definition) is 1. The third-order valence-corrected chi connectivity index (χ3v) is 6.05. The van der Waals surface area contributed by atoms with Gasteiger partial charge in [0.05, 0.1) is 22.4 Å². The van der Waals surface area contributed by atoms with Gasteiger partial charge < -0.3 is 5.11 Å². The van der Waals surface area contributed by atoms with E-state index in [0.29, 0.717) is 16.6 Å². The third-order valence-electron chi connectivity index (χ3n) is 3.47. The van der Waals surface area contributed by atoms with Crippen molar-refractivity contribution in [2.45, 2.75) is 19.0 Å². The summed E-state index contributed by atoms with van der Waals surface area (Å²) >= 11 is 3.16. The smallest absolute Gasteiger partial charge is 0.304 e. The zero-order valence-electron chi connectivity index (χ0n) is 11.1. The van der Waals surface area contributed by atoms with E-state index in [1.165, 1.54) is 6.07 Å². The van der Waals surface area contributed by atoms with Crippen molar-refractivity contribution in [3.05, 3.63) is 34.1 Å². The number of rotatable bonds is 4. The van der Waals surface area contributed by atoms with Crippen molar-refractivity contribution in [3.63, 3.8) is 0 Å². The Morgan fingerprint density at radius 1 is 1.48 bits per heavy atom. The Morgan fingerprint density at radius 2 is 2.19 bits per heavy atom. The van der Waals surface area contributed by atoms with Crippen molar-refractivity contribution in [1.82, 2.24) is 4.90 Å². The van der Waals surface area contributed by atoms with Crippen molar-refractivity contribution in [2.75, 3.05) is 18.1 Å². The highest BCUT2D eigenvalue weighted by Gasteiger charge is 2.32. The lowest BCUT2D eigenvalue weighted by molar-refractivity contribution is -0.138. The SMILES string of the molecule is O=C(O)CC1CS(=O)(=O)CCN1Cc1cccc(F)c1Br. The van der Waals surface area contributed by atoms with Gasteiger partial charge in [0.1, 0.15) is 5.82 Å². The molecular weight excluding hydrogens is 365 g/mol. The quantitative estimate of drug-likeness (QED) is 0.860. The summed E-state index contributed by atoms with van der Waals surface area (Å²) in [5.41, 5.74) is 0.671. The molecule has 1 aliphatic heterocycles. The fraction of sp³-hybridized carbons (Fsp3) is 0.462. The molecule has 1 aromatic rings. The molecule has 0 aromatic heterocycles. The average Bonchev–Trinajstić information content (AvgIpc) is 2.36. The molecule has 1 aromatic carbocycles. The first-order valence-corrected chi connectivity index (χ1v) is 8.99. The van der Waals surface area contributed by atoms with Gasteiger partial charge in [-0.15, -0.1) is 0 Å². The van der Waals surface area contributed by atoms with Crippen molar-refractivity contribution in [1.29, 1.82) is 0 Å². The van der Waals surface area contributed by atoms with Crippen LogP contribution in [0.1, 0.15) is 12.0 Å². The molecule has 21 heavy (non-hydrogen) atoms. The van der Waals surface area contributed by atoms with Crippen molar-refractivity contribution < 1.29 is 22.7 Å². The highest BCUT2D eigenvalue weighted by Crippen LogP contribution is 2.24. The number of carbonyl (C=O) groups is 1. The van der Waals surface area contributed by atoms with E-state index < -0.39 is 27.7 Å². The standard InChI is InChI=1S/C13H15BrFNO4S/c14-13-9(2-1-3-11(13)15)7-16-4-5-21(19,20)8-10(16)6-12(17)18/h1-3,10H,4-8H2,(H,17,18). The molecule has 1 saturated heterocycles. The minimum Gasteiger partial charge on any atom is -0.481 e. The maximum Gasteiger partial charge on any atom is 0.304 e. The summed E-state index contributed by atoms with van der Waals surface area (Å²) in [5.74, 6) is -1.62. The molecule has 116 valence electrons. The highest BCUT2D eigenvalue weighted by molar-refractivity contribution is 9.10. The van der Waals surface area contributed by atoms with Crippen molar-refractivity contribution >= 4 is 31.7 Å². The zero-order chi connectivity index (χ0) is 15.6. The van der Waals surface area contributed by atoms with Crippen molar-refractivity contribution in [3.8, 4) is 0 Å². The number of sulfone groups is 1. The largest absolute Gasteiger partial charge is 0.481 e. The van der Waals surface area contributed by atoms with Crippen LogP contribution < -0.4 is 0 Å². The molecule has 0 radical (unpaired) electrons. The number of hydrogen-bond acceptors (Lipinski definition) is 4. The summed E-state index contributed by atoms with van der Waals surface area (Å²) in [4.78, 5) is 12.7. The first-order valence-electron chi connectivity index (χ1n) is 6.37. The van der Waals surface area contributed by atoms with Gasteiger partial charge in [-0.05, 0) is 27.6 Å². The van der Waals surface area contributed by atoms with Crippen LogP contribution >= 0.6 is 15.9 Å². The maximum atomic E-state index is 13.5. The van der Waals surface area contributed by atoms with E-state index in [2.05, 4.69) is 15.9 Å². The van der Waals surface area contributed by atoms with Gasteiger partial charge in [-0.2, -0.15) is 0 Å². The predicted molar refractivity (Wildman–Crippen MR) is 79.2 cm³/mol. The van der Waals surface area contributed by atoms with Gasteiger partial charge >= 0.3 is 5.97 Å². The number of carboxylic acid groups (broad SMARTS) is 1. The van der Waals surface area contributed by atoms with Crippen LogP contribution in [-0.4, -0.2) is 48.5 Å². The van der Waals surface area contributed by atoms with E-state index in [9.17, 15) is 17.6 Å². The maximum absolute atomic E-state index is 13.5. The van der Waals surface area contributed by atoms with Gasteiger partial charge in [0.25, 0.3) is 0 Å². The number of carboxylic acids is 1. The highest BCUT2D eigenvalue weighted by atomic mass is 79.9. The zero-order valence-corrected chi connectivity index (χ0v) is 13.5. The summed E-state index contributed by atoms with van der Waals surface area (Å²) in [6, 6.07) is 4.04. The molecule has 0 saturated carbocycles. The van der Waals surface area contributed by atoms with E-state index in [0.717, 1.165) is 0 Å². The van der Waals surface area contributed by atoms with E-state index >= 15 is 0 Å². The third kappa shape index (κ3) is 4.24. The number of halogens is 2. The fourth-order valence-corrected chi connectivity index (χ4v) is 4.39. The predicted octanol–water partition coefficient (Wildman–Crippen LogP) is 1.66. The molecule has 0 bridgehead atoms. The second kappa shape index (κ2) is 6.41. The lowest BCUT2D eigenvalue weighted by Gasteiger charge is -2.34. The Labute approximate surface area is 130 Å². The van der Waals surface area contributed by atoms with Gasteiger partial charge in [-0.25, -0.2) is 12.8 Å².